The molecule has 4 aliphatic carbocycles. The number of hydrogen-bond donors (Lipinski definition) is 0. The zero-order valence-electron chi connectivity index (χ0n) is 39.8. The molecule has 376 valence electrons. The Morgan fingerprint density at radius 3 is 1.56 bits per heavy atom. The quantitative estimate of drug-likeness (QED) is 0.0215. The van der Waals surface area contributed by atoms with Gasteiger partial charge in [-0.25, -0.2) is 19.2 Å². The maximum absolute atomic E-state index is 13.4. The molecule has 4 aromatic rings. The van der Waals surface area contributed by atoms with Gasteiger partial charge >= 0.3 is 36.2 Å². The summed E-state index contributed by atoms with van der Waals surface area (Å²) >= 11 is 0. The minimum absolute atomic E-state index is 0.127. The van der Waals surface area contributed by atoms with Crippen molar-refractivity contribution in [2.75, 3.05) is 20.0 Å². The lowest BCUT2D eigenvalue weighted by Gasteiger charge is -2.29. The Kier molecular flexibility index (Phi) is 16.8. The Hall–Kier alpha value is -7.72. The van der Waals surface area contributed by atoms with E-state index in [1.807, 2.05) is 30.3 Å². The molecule has 0 heterocycles. The predicted molar refractivity (Wildman–Crippen MR) is 258 cm³/mol. The third-order valence-corrected chi connectivity index (χ3v) is 13.3. The summed E-state index contributed by atoms with van der Waals surface area (Å²) in [7, 11) is 0. The van der Waals surface area contributed by atoms with Crippen LogP contribution in [0.25, 0.3) is 0 Å². The van der Waals surface area contributed by atoms with Crippen molar-refractivity contribution in [2.45, 2.75) is 95.0 Å². The summed E-state index contributed by atoms with van der Waals surface area (Å²) in [5.41, 5.74) is 3.02. The molecule has 16 heteroatoms. The number of carbonyl (C=O) groups excluding carboxylic acids is 6. The third kappa shape index (κ3) is 12.8. The van der Waals surface area contributed by atoms with Crippen molar-refractivity contribution in [1.82, 2.24) is 0 Å². The summed E-state index contributed by atoms with van der Waals surface area (Å²) < 4.78 is 55.5. The Morgan fingerprint density at radius 1 is 0.542 bits per heavy atom. The Labute approximate surface area is 416 Å². The van der Waals surface area contributed by atoms with Crippen LogP contribution in [0.1, 0.15) is 92.9 Å². The lowest BCUT2D eigenvalue weighted by atomic mass is 9.76. The van der Waals surface area contributed by atoms with Crippen molar-refractivity contribution in [2.24, 2.45) is 11.8 Å². The van der Waals surface area contributed by atoms with Crippen LogP contribution < -0.4 is 28.4 Å². The van der Waals surface area contributed by atoms with E-state index in [0.717, 1.165) is 46.6 Å². The van der Waals surface area contributed by atoms with Crippen LogP contribution in [0.15, 0.2) is 122 Å². The van der Waals surface area contributed by atoms with Crippen LogP contribution in [0.5, 0.6) is 34.5 Å². The van der Waals surface area contributed by atoms with Crippen molar-refractivity contribution in [1.29, 1.82) is 0 Å². The second-order valence-electron chi connectivity index (χ2n) is 17.9. The van der Waals surface area contributed by atoms with E-state index >= 15 is 0 Å². The number of benzene rings is 4. The summed E-state index contributed by atoms with van der Waals surface area (Å²) in [6, 6.07) is 23.3. The van der Waals surface area contributed by atoms with Crippen LogP contribution in [0.3, 0.4) is 0 Å². The van der Waals surface area contributed by atoms with Gasteiger partial charge in [0.25, 0.3) is 0 Å². The van der Waals surface area contributed by atoms with Crippen LogP contribution in [0.4, 0.5) is 9.59 Å². The van der Waals surface area contributed by atoms with Crippen molar-refractivity contribution in [3.8, 4) is 34.5 Å². The highest BCUT2D eigenvalue weighted by molar-refractivity contribution is 5.81. The maximum atomic E-state index is 13.4. The molecule has 0 aliphatic heterocycles. The smallest absolute Gasteiger partial charge is 0.498 e. The van der Waals surface area contributed by atoms with Gasteiger partial charge in [-0.1, -0.05) is 37.4 Å². The monoisotopic (exact) mass is 984 g/mol. The fourth-order valence-corrected chi connectivity index (χ4v) is 9.74. The topological polar surface area (TPSA) is 195 Å². The summed E-state index contributed by atoms with van der Waals surface area (Å²) in [5.74, 6) is 0.0601. The second-order valence-corrected chi connectivity index (χ2v) is 17.9. The van der Waals surface area contributed by atoms with Gasteiger partial charge in [-0.3, -0.25) is 9.59 Å². The van der Waals surface area contributed by atoms with Crippen LogP contribution in [-0.4, -0.2) is 62.3 Å². The molecule has 0 bridgehead atoms. The number of fused-ring (bicyclic) bond motifs is 4. The molecular weight excluding hydrogens is 929 g/mol. The number of rotatable bonds is 19. The molecule has 1 saturated carbocycles. The van der Waals surface area contributed by atoms with Crippen molar-refractivity contribution >= 4 is 36.2 Å². The number of unbranched alkanes of at least 4 members (excludes halogenated alkanes) is 1. The number of aryl methyl sites for hydroxylation is 2. The largest absolute Gasteiger partial charge is 0.519 e. The molecule has 0 radical (unpaired) electrons. The number of esters is 4. The first-order valence-electron chi connectivity index (χ1n) is 24.2. The van der Waals surface area contributed by atoms with Crippen LogP contribution >= 0.6 is 0 Å². The van der Waals surface area contributed by atoms with Crippen molar-refractivity contribution < 1.29 is 76.1 Å². The van der Waals surface area contributed by atoms with Gasteiger partial charge in [-0.15, -0.1) is 0 Å². The average Bonchev–Trinajstić information content (AvgIpc) is 3.97. The maximum Gasteiger partial charge on any atom is 0.519 e. The highest BCUT2D eigenvalue weighted by Crippen LogP contribution is 2.57. The van der Waals surface area contributed by atoms with Crippen LogP contribution in [0, 0.1) is 11.8 Å². The van der Waals surface area contributed by atoms with Crippen LogP contribution in [-0.2, 0) is 56.4 Å². The second kappa shape index (κ2) is 23.9. The third-order valence-electron chi connectivity index (χ3n) is 13.3. The minimum atomic E-state index is -0.957. The predicted octanol–water partition coefficient (Wildman–Crippen LogP) is 10.3. The summed E-state index contributed by atoms with van der Waals surface area (Å²) in [5, 5.41) is 0. The van der Waals surface area contributed by atoms with E-state index in [2.05, 4.69) is 13.2 Å². The van der Waals surface area contributed by atoms with Gasteiger partial charge in [-0.05, 0) is 155 Å². The SMILES string of the molecule is C=CC(=O)OCCCCOC1=CCC(C(=O)Oc2ccc(OC(=O)Oc3cccc4c3C3(CC4)CCc4cccc(OC(=O)Oc5ccc(OC(=O)C6CCC(OCOC(=O)C=C)CC6)cc5)c43)cc2)CC1. The summed E-state index contributed by atoms with van der Waals surface area (Å²) in [6.07, 6.45) is 10.2. The Morgan fingerprint density at radius 2 is 1.04 bits per heavy atom. The summed E-state index contributed by atoms with van der Waals surface area (Å²) in [6.45, 7) is 7.35. The molecule has 8 rings (SSSR count). The molecule has 1 spiro atoms. The highest BCUT2D eigenvalue weighted by Gasteiger charge is 2.49. The van der Waals surface area contributed by atoms with Crippen molar-refractivity contribution in [3.05, 3.63) is 144 Å². The van der Waals surface area contributed by atoms with Gasteiger partial charge < -0.3 is 47.4 Å². The highest BCUT2D eigenvalue weighted by atomic mass is 16.7. The van der Waals surface area contributed by atoms with E-state index in [1.54, 1.807) is 24.3 Å². The molecule has 4 aromatic carbocycles. The van der Waals surface area contributed by atoms with Gasteiger partial charge in [-0.2, -0.15) is 0 Å². The summed E-state index contributed by atoms with van der Waals surface area (Å²) in [4.78, 5) is 75.0. The molecule has 2 atom stereocenters. The lowest BCUT2D eigenvalue weighted by Crippen LogP contribution is -2.29. The molecule has 0 saturated heterocycles. The lowest BCUT2D eigenvalue weighted by molar-refractivity contribution is -0.157. The molecule has 0 N–H and O–H groups in total. The van der Waals surface area contributed by atoms with E-state index in [0.29, 0.717) is 113 Å². The Bertz CT molecular complexity index is 2680. The zero-order chi connectivity index (χ0) is 50.5. The number of hydrogen-bond acceptors (Lipinski definition) is 16. The van der Waals surface area contributed by atoms with Gasteiger partial charge in [0.1, 0.15) is 34.5 Å². The molecule has 2 unspecified atom stereocenters. The number of allylic oxidation sites excluding steroid dienone is 2. The Balaban J connectivity index is 0.819. The van der Waals surface area contributed by atoms with Gasteiger partial charge in [0, 0.05) is 35.1 Å². The normalized spacial score (nSPS) is 19.6. The van der Waals surface area contributed by atoms with E-state index in [-0.39, 0.29) is 48.2 Å². The van der Waals surface area contributed by atoms with Crippen LogP contribution in [0.2, 0.25) is 0 Å². The molecule has 72 heavy (non-hydrogen) atoms. The first-order chi connectivity index (χ1) is 35.0. The number of ether oxygens (including phenoxy) is 10. The average molecular weight is 985 g/mol. The number of carbonyl (C=O) groups is 6. The van der Waals surface area contributed by atoms with E-state index in [1.165, 1.54) is 36.4 Å². The molecular formula is C56H56O16. The zero-order valence-corrected chi connectivity index (χ0v) is 39.8. The van der Waals surface area contributed by atoms with E-state index in [4.69, 9.17) is 47.4 Å². The first-order valence-corrected chi connectivity index (χ1v) is 24.2. The van der Waals surface area contributed by atoms with Crippen molar-refractivity contribution in [3.63, 3.8) is 0 Å². The standard InChI is InChI=1S/C56H56O16/c1-3-48(57)64-34-6-5-33-63-40-17-13-38(14-18-40)52(59)67-42-21-25-44(26-22-42)69-54(61)71-46-11-7-9-36-29-31-56(50(36)46)32-30-37-10-8-12-47(51(37)56)72-55(62)70-45-27-23-43(24-28-45)68-53(60)39-15-19-41(20-16-39)65-35-66-49(58)4-2/h3-4,7-12,17,21-28,38-39,41H,1-2,5-6,13-16,18-20,29-35H2. The molecule has 0 aromatic heterocycles. The minimum Gasteiger partial charge on any atom is -0.498 e. The molecule has 16 nitrogen and oxygen atoms in total. The first kappa shape index (κ1) is 50.7. The van der Waals surface area contributed by atoms with E-state index < -0.39 is 29.7 Å². The fourth-order valence-electron chi connectivity index (χ4n) is 9.74. The van der Waals surface area contributed by atoms with Gasteiger partial charge in [0.15, 0.2) is 6.79 Å². The molecule has 4 aliphatic rings. The van der Waals surface area contributed by atoms with Gasteiger partial charge in [0.05, 0.1) is 36.9 Å². The fraction of sp³-hybridized carbons (Fsp3) is 0.357. The van der Waals surface area contributed by atoms with E-state index in [9.17, 15) is 28.8 Å². The van der Waals surface area contributed by atoms with Gasteiger partial charge in [0.2, 0.25) is 0 Å². The molecule has 1 fully saturated rings. The molecule has 0 amide bonds.